The summed E-state index contributed by atoms with van der Waals surface area (Å²) in [5.74, 6) is 0.301. The van der Waals surface area contributed by atoms with Crippen molar-refractivity contribution >= 4 is 18.2 Å². The molecule has 0 atom stereocenters. The molecule has 0 saturated carbocycles. The fourth-order valence-electron chi connectivity index (χ4n) is 0.376. The van der Waals surface area contributed by atoms with Crippen molar-refractivity contribution in [1.29, 1.82) is 0 Å². The minimum atomic E-state index is 0.301. The van der Waals surface area contributed by atoms with Crippen molar-refractivity contribution in [3.8, 4) is 5.88 Å². The van der Waals surface area contributed by atoms with E-state index in [1.165, 1.54) is 0 Å². The molecule has 1 aromatic heterocycles. The molecule has 0 aliphatic carbocycles. The summed E-state index contributed by atoms with van der Waals surface area (Å²) in [4.78, 5) is 9.74. The standard InChI is InChI=1S/C4H4N2O2S/c1-3-4(8-2-7)6-9-5-3/h2H,1H3. The average molecular weight is 144 g/mol. The summed E-state index contributed by atoms with van der Waals surface area (Å²) in [6.07, 6.45) is 0. The van der Waals surface area contributed by atoms with E-state index in [1.807, 2.05) is 0 Å². The third kappa shape index (κ3) is 1.23. The second kappa shape index (κ2) is 2.54. The number of nitrogens with zero attached hydrogens (tertiary/aromatic N) is 2. The Morgan fingerprint density at radius 3 is 2.89 bits per heavy atom. The first kappa shape index (κ1) is 6.15. The maximum Gasteiger partial charge on any atom is 0.299 e. The molecule has 0 amide bonds. The van der Waals surface area contributed by atoms with Gasteiger partial charge in [-0.2, -0.15) is 4.37 Å². The predicted molar refractivity (Wildman–Crippen MR) is 31.3 cm³/mol. The third-order valence-electron chi connectivity index (χ3n) is 0.771. The van der Waals surface area contributed by atoms with Crippen molar-refractivity contribution < 1.29 is 9.53 Å². The van der Waals surface area contributed by atoms with Crippen LogP contribution < -0.4 is 4.74 Å². The van der Waals surface area contributed by atoms with Gasteiger partial charge in [0.25, 0.3) is 12.4 Å². The van der Waals surface area contributed by atoms with Crippen molar-refractivity contribution in [2.45, 2.75) is 6.92 Å². The van der Waals surface area contributed by atoms with Crippen LogP contribution in [-0.2, 0) is 4.79 Å². The van der Waals surface area contributed by atoms with Crippen molar-refractivity contribution in [2.24, 2.45) is 0 Å². The van der Waals surface area contributed by atoms with Crippen molar-refractivity contribution in [2.75, 3.05) is 0 Å². The van der Waals surface area contributed by atoms with Crippen LogP contribution in [0, 0.1) is 6.92 Å². The lowest BCUT2D eigenvalue weighted by molar-refractivity contribution is -0.120. The van der Waals surface area contributed by atoms with Gasteiger partial charge >= 0.3 is 0 Å². The number of hydrogen-bond donors (Lipinski definition) is 0. The van der Waals surface area contributed by atoms with E-state index in [1.54, 1.807) is 6.92 Å². The van der Waals surface area contributed by atoms with Crippen molar-refractivity contribution in [1.82, 2.24) is 8.75 Å². The Balaban J connectivity index is 2.80. The van der Waals surface area contributed by atoms with Crippen LogP contribution in [0.3, 0.4) is 0 Å². The number of aromatic nitrogens is 2. The monoisotopic (exact) mass is 144 g/mol. The molecule has 4 nitrogen and oxygen atoms in total. The zero-order chi connectivity index (χ0) is 6.69. The summed E-state index contributed by atoms with van der Waals surface area (Å²) in [5.41, 5.74) is 0.645. The number of rotatable bonds is 2. The maximum atomic E-state index is 9.74. The topological polar surface area (TPSA) is 52.1 Å². The molecule has 0 radical (unpaired) electrons. The van der Waals surface area contributed by atoms with Gasteiger partial charge in [-0.3, -0.25) is 4.79 Å². The largest absolute Gasteiger partial charge is 0.407 e. The van der Waals surface area contributed by atoms with Crippen LogP contribution in [0.4, 0.5) is 0 Å². The fourth-order valence-corrected chi connectivity index (χ4v) is 0.867. The zero-order valence-corrected chi connectivity index (χ0v) is 5.51. The molecule has 0 aliphatic rings. The SMILES string of the molecule is Cc1nsnc1OC=O. The van der Waals surface area contributed by atoms with Crippen LogP contribution in [0.5, 0.6) is 5.88 Å². The molecular formula is C4H4N2O2S. The van der Waals surface area contributed by atoms with E-state index >= 15 is 0 Å². The molecule has 1 aromatic rings. The molecule has 0 spiro atoms. The smallest absolute Gasteiger partial charge is 0.299 e. The molecule has 9 heavy (non-hydrogen) atoms. The lowest BCUT2D eigenvalue weighted by Gasteiger charge is -1.86. The lowest BCUT2D eigenvalue weighted by Crippen LogP contribution is -1.89. The molecule has 0 unspecified atom stereocenters. The van der Waals surface area contributed by atoms with Crippen LogP contribution in [-0.4, -0.2) is 15.2 Å². The van der Waals surface area contributed by atoms with Gasteiger partial charge in [-0.1, -0.05) is 0 Å². The van der Waals surface area contributed by atoms with Crippen LogP contribution in [0.25, 0.3) is 0 Å². The summed E-state index contributed by atoms with van der Waals surface area (Å²) < 4.78 is 11.9. The Morgan fingerprint density at radius 1 is 1.67 bits per heavy atom. The first-order valence-corrected chi connectivity index (χ1v) is 2.97. The van der Waals surface area contributed by atoms with Crippen molar-refractivity contribution in [3.63, 3.8) is 0 Å². The Morgan fingerprint density at radius 2 is 2.44 bits per heavy atom. The van der Waals surface area contributed by atoms with E-state index in [9.17, 15) is 4.79 Å². The Labute approximate surface area is 55.8 Å². The first-order chi connectivity index (χ1) is 4.34. The lowest BCUT2D eigenvalue weighted by atomic mass is 10.5. The van der Waals surface area contributed by atoms with Gasteiger partial charge in [0.2, 0.25) is 0 Å². The van der Waals surface area contributed by atoms with Gasteiger partial charge in [-0.05, 0) is 6.92 Å². The number of carbonyl (C=O) groups excluding carboxylic acids is 1. The van der Waals surface area contributed by atoms with E-state index < -0.39 is 0 Å². The maximum absolute atomic E-state index is 9.74. The summed E-state index contributed by atoms with van der Waals surface area (Å²) in [6, 6.07) is 0. The van der Waals surface area contributed by atoms with Crippen LogP contribution in [0.1, 0.15) is 5.69 Å². The Kier molecular flexibility index (Phi) is 1.74. The minimum absolute atomic E-state index is 0.301. The first-order valence-electron chi connectivity index (χ1n) is 2.24. The second-order valence-corrected chi connectivity index (χ2v) is 1.90. The Hall–Kier alpha value is -0.970. The quantitative estimate of drug-likeness (QED) is 0.563. The van der Waals surface area contributed by atoms with Gasteiger partial charge in [0, 0.05) is 0 Å². The van der Waals surface area contributed by atoms with Crippen LogP contribution >= 0.6 is 11.7 Å². The Bertz CT molecular complexity index is 210. The molecule has 0 aliphatic heterocycles. The molecule has 5 heteroatoms. The highest BCUT2D eigenvalue weighted by atomic mass is 32.1. The van der Waals surface area contributed by atoms with E-state index in [-0.39, 0.29) is 0 Å². The number of hydrogen-bond acceptors (Lipinski definition) is 5. The molecule has 0 saturated heterocycles. The molecular weight excluding hydrogens is 140 g/mol. The normalized spacial score (nSPS) is 9.00. The van der Waals surface area contributed by atoms with E-state index in [0.717, 1.165) is 11.7 Å². The van der Waals surface area contributed by atoms with E-state index in [0.29, 0.717) is 18.0 Å². The van der Waals surface area contributed by atoms with E-state index in [2.05, 4.69) is 13.5 Å². The molecule has 0 bridgehead atoms. The highest BCUT2D eigenvalue weighted by molar-refractivity contribution is 6.99. The van der Waals surface area contributed by atoms with E-state index in [4.69, 9.17) is 0 Å². The summed E-state index contributed by atoms with van der Waals surface area (Å²) in [7, 11) is 0. The molecule has 0 aromatic carbocycles. The number of carbonyl (C=O) groups is 1. The highest BCUT2D eigenvalue weighted by Gasteiger charge is 2.01. The third-order valence-corrected chi connectivity index (χ3v) is 1.37. The highest BCUT2D eigenvalue weighted by Crippen LogP contribution is 2.11. The summed E-state index contributed by atoms with van der Waals surface area (Å²) >= 11 is 1.02. The molecule has 1 heterocycles. The van der Waals surface area contributed by atoms with Crippen LogP contribution in [0.15, 0.2) is 0 Å². The molecule has 0 N–H and O–H groups in total. The van der Waals surface area contributed by atoms with Gasteiger partial charge in [-0.25, -0.2) is 0 Å². The summed E-state index contributed by atoms with van der Waals surface area (Å²) in [6.45, 7) is 2.06. The molecule has 1 rings (SSSR count). The zero-order valence-electron chi connectivity index (χ0n) is 4.70. The molecule has 0 fully saturated rings. The minimum Gasteiger partial charge on any atom is -0.407 e. The molecule has 48 valence electrons. The fraction of sp³-hybridized carbons (Fsp3) is 0.250. The van der Waals surface area contributed by atoms with Gasteiger partial charge in [-0.15, -0.1) is 4.37 Å². The van der Waals surface area contributed by atoms with Gasteiger partial charge < -0.3 is 4.74 Å². The summed E-state index contributed by atoms with van der Waals surface area (Å²) in [5, 5.41) is 0. The average Bonchev–Trinajstić information content (AvgIpc) is 2.18. The second-order valence-electron chi connectivity index (χ2n) is 1.37. The van der Waals surface area contributed by atoms with Crippen LogP contribution in [0.2, 0.25) is 0 Å². The van der Waals surface area contributed by atoms with Gasteiger partial charge in [0.15, 0.2) is 0 Å². The number of ether oxygens (including phenoxy) is 1. The van der Waals surface area contributed by atoms with Gasteiger partial charge in [0.1, 0.15) is 5.69 Å². The predicted octanol–water partition coefficient (Wildman–Crippen LogP) is 0.382. The van der Waals surface area contributed by atoms with Crippen molar-refractivity contribution in [3.05, 3.63) is 5.69 Å². The number of aryl methyl sites for hydroxylation is 1. The van der Waals surface area contributed by atoms with Gasteiger partial charge in [0.05, 0.1) is 11.7 Å².